The van der Waals surface area contributed by atoms with Crippen LogP contribution >= 0.6 is 12.4 Å². The Kier molecular flexibility index (Phi) is 8.70. The number of carbonyl (C=O) groups excluding carboxylic acids is 1. The highest BCUT2D eigenvalue weighted by molar-refractivity contribution is 5.94. The Morgan fingerprint density at radius 1 is 1.17 bits per heavy atom. The maximum Gasteiger partial charge on any atom is 0.251 e. The summed E-state index contributed by atoms with van der Waals surface area (Å²) in [7, 11) is 1.49. The Morgan fingerprint density at radius 3 is 2.70 bits per heavy atom. The summed E-state index contributed by atoms with van der Waals surface area (Å²) in [4.78, 5) is 12.5. The number of amides is 1. The van der Waals surface area contributed by atoms with Crippen LogP contribution in [0, 0.1) is 5.82 Å². The molecule has 160 valence electrons. The van der Waals surface area contributed by atoms with Gasteiger partial charge in [-0.1, -0.05) is 0 Å². The molecule has 0 atom stereocenters. The molecule has 3 rings (SSSR count). The number of halogens is 2. The molecule has 30 heavy (non-hydrogen) atoms. The van der Waals surface area contributed by atoms with Crippen molar-refractivity contribution >= 4 is 18.3 Å². The number of benzene rings is 2. The monoisotopic (exact) mass is 434 g/mol. The molecule has 3 aromatic rings. The van der Waals surface area contributed by atoms with Crippen LogP contribution in [0.5, 0.6) is 17.2 Å². The summed E-state index contributed by atoms with van der Waals surface area (Å²) < 4.78 is 30.1. The second kappa shape index (κ2) is 11.2. The minimum absolute atomic E-state index is 0. The number of nitrogens with one attached hydrogen (secondary N) is 1. The van der Waals surface area contributed by atoms with Gasteiger partial charge in [-0.15, -0.1) is 12.4 Å². The molecule has 1 aromatic heterocycles. The topological polar surface area (TPSA) is 86.7 Å². The van der Waals surface area contributed by atoms with Crippen molar-refractivity contribution in [3.05, 3.63) is 77.5 Å². The molecule has 2 aromatic carbocycles. The van der Waals surface area contributed by atoms with Crippen LogP contribution < -0.4 is 20.5 Å². The van der Waals surface area contributed by atoms with Crippen molar-refractivity contribution < 1.29 is 23.1 Å². The number of hydrogen-bond donors (Lipinski definition) is 2. The number of hydrogen-bond acceptors (Lipinski definition) is 5. The highest BCUT2D eigenvalue weighted by atomic mass is 35.5. The zero-order valence-corrected chi connectivity index (χ0v) is 17.3. The van der Waals surface area contributed by atoms with Gasteiger partial charge in [-0.05, 0) is 54.4 Å². The first-order valence-electron chi connectivity index (χ1n) is 9.25. The van der Waals surface area contributed by atoms with Gasteiger partial charge in [-0.25, -0.2) is 4.39 Å². The first kappa shape index (κ1) is 23.3. The van der Waals surface area contributed by atoms with Crippen molar-refractivity contribution in [3.8, 4) is 17.2 Å². The summed E-state index contributed by atoms with van der Waals surface area (Å²) in [5.74, 6) is 1.21. The van der Waals surface area contributed by atoms with Crippen molar-refractivity contribution in [2.45, 2.75) is 19.4 Å². The first-order valence-corrected chi connectivity index (χ1v) is 9.25. The number of furan rings is 1. The van der Waals surface area contributed by atoms with E-state index in [4.69, 9.17) is 19.6 Å². The lowest BCUT2D eigenvalue weighted by Gasteiger charge is -2.13. The molecule has 0 saturated carbocycles. The lowest BCUT2D eigenvalue weighted by atomic mass is 10.1. The molecule has 6 nitrogen and oxygen atoms in total. The van der Waals surface area contributed by atoms with E-state index < -0.39 is 5.82 Å². The molecule has 0 spiro atoms. The van der Waals surface area contributed by atoms with Crippen LogP contribution in [-0.2, 0) is 13.0 Å². The van der Waals surface area contributed by atoms with Gasteiger partial charge in [0.05, 0.1) is 13.4 Å². The second-order valence-electron chi connectivity index (χ2n) is 6.41. The van der Waals surface area contributed by atoms with Gasteiger partial charge in [0.2, 0.25) is 0 Å². The van der Waals surface area contributed by atoms with Gasteiger partial charge in [0.15, 0.2) is 11.5 Å². The number of carbonyl (C=O) groups is 1. The molecule has 1 amide bonds. The minimum atomic E-state index is -0.452. The van der Waals surface area contributed by atoms with Gasteiger partial charge in [0.25, 0.3) is 5.91 Å². The van der Waals surface area contributed by atoms with E-state index in [1.165, 1.54) is 19.2 Å². The lowest BCUT2D eigenvalue weighted by molar-refractivity contribution is 0.0952. The third-order valence-electron chi connectivity index (χ3n) is 4.29. The van der Waals surface area contributed by atoms with Crippen molar-refractivity contribution in [2.24, 2.45) is 5.73 Å². The lowest BCUT2D eigenvalue weighted by Crippen LogP contribution is -2.24. The van der Waals surface area contributed by atoms with E-state index in [9.17, 15) is 9.18 Å². The average molecular weight is 435 g/mol. The number of ether oxygens (including phenoxy) is 2. The molecular formula is C22H24ClFN2O4. The average Bonchev–Trinajstić information content (AvgIpc) is 3.24. The zero-order valence-electron chi connectivity index (χ0n) is 16.5. The predicted molar refractivity (Wildman–Crippen MR) is 114 cm³/mol. The van der Waals surface area contributed by atoms with Crippen LogP contribution in [0.15, 0.2) is 59.2 Å². The summed E-state index contributed by atoms with van der Waals surface area (Å²) in [6, 6.07) is 12.8. The van der Waals surface area contributed by atoms with E-state index in [0.717, 1.165) is 18.6 Å². The molecular weight excluding hydrogens is 411 g/mol. The predicted octanol–water partition coefficient (Wildman–Crippen LogP) is 4.46. The molecule has 0 fully saturated rings. The molecule has 8 heteroatoms. The van der Waals surface area contributed by atoms with E-state index in [1.54, 1.807) is 30.5 Å². The van der Waals surface area contributed by atoms with Gasteiger partial charge in [0.1, 0.15) is 17.3 Å². The largest absolute Gasteiger partial charge is 0.493 e. The van der Waals surface area contributed by atoms with Crippen LogP contribution in [0.2, 0.25) is 0 Å². The van der Waals surface area contributed by atoms with Crippen LogP contribution in [0.4, 0.5) is 4.39 Å². The Bertz CT molecular complexity index is 964. The van der Waals surface area contributed by atoms with Gasteiger partial charge in [-0.3, -0.25) is 4.79 Å². The van der Waals surface area contributed by atoms with Crippen LogP contribution in [0.25, 0.3) is 0 Å². The number of nitrogens with two attached hydrogens (primary N) is 1. The maximum absolute atomic E-state index is 13.7. The van der Waals surface area contributed by atoms with Crippen LogP contribution in [0.3, 0.4) is 0 Å². The Morgan fingerprint density at radius 2 is 2.00 bits per heavy atom. The number of methoxy groups -OCH3 is 1. The van der Waals surface area contributed by atoms with E-state index in [2.05, 4.69) is 5.32 Å². The maximum atomic E-state index is 13.7. The molecule has 1 heterocycles. The number of aryl methyl sites for hydroxylation is 1. The molecule has 0 aliphatic rings. The summed E-state index contributed by atoms with van der Waals surface area (Å²) >= 11 is 0. The summed E-state index contributed by atoms with van der Waals surface area (Å²) in [5.41, 5.74) is 6.60. The summed E-state index contributed by atoms with van der Waals surface area (Å²) in [5, 5.41) is 2.86. The van der Waals surface area contributed by atoms with Gasteiger partial charge in [0, 0.05) is 31.1 Å². The molecule has 0 unspecified atom stereocenters. The van der Waals surface area contributed by atoms with Gasteiger partial charge < -0.3 is 24.9 Å². The van der Waals surface area contributed by atoms with E-state index >= 15 is 0 Å². The fourth-order valence-electron chi connectivity index (χ4n) is 2.84. The summed E-state index contributed by atoms with van der Waals surface area (Å²) in [6.07, 6.45) is 3.12. The normalized spacial score (nSPS) is 10.2. The highest BCUT2D eigenvalue weighted by Crippen LogP contribution is 2.33. The van der Waals surface area contributed by atoms with Crippen molar-refractivity contribution in [2.75, 3.05) is 13.7 Å². The molecule has 0 bridgehead atoms. The van der Waals surface area contributed by atoms with Crippen molar-refractivity contribution in [1.29, 1.82) is 0 Å². The minimum Gasteiger partial charge on any atom is -0.493 e. The van der Waals surface area contributed by atoms with E-state index in [1.807, 2.05) is 12.1 Å². The van der Waals surface area contributed by atoms with Crippen LogP contribution in [-0.4, -0.2) is 19.6 Å². The molecule has 3 N–H and O–H groups in total. The van der Waals surface area contributed by atoms with E-state index in [-0.39, 0.29) is 30.6 Å². The molecule has 0 saturated heterocycles. The summed E-state index contributed by atoms with van der Waals surface area (Å²) in [6.45, 7) is 0.692. The molecule has 0 aliphatic heterocycles. The van der Waals surface area contributed by atoms with Gasteiger partial charge >= 0.3 is 0 Å². The zero-order chi connectivity index (χ0) is 20.6. The third-order valence-corrected chi connectivity index (χ3v) is 4.29. The first-order chi connectivity index (χ1) is 14.1. The Hall–Kier alpha value is -3.03. The standard InChI is InChI=1S/C22H23FN2O4.ClH/c1-27-20-7-6-16(22(26)25-8-2-4-18-5-3-9-28-18)12-21(20)29-19-11-15(14-24)10-17(23)13-19;/h3,5-7,9-13H,2,4,8,14,24H2,1H3,(H,25,26);1H. The fraction of sp³-hybridized carbons (Fsp3) is 0.227. The van der Waals surface area contributed by atoms with E-state index in [0.29, 0.717) is 29.2 Å². The fourth-order valence-corrected chi connectivity index (χ4v) is 2.84. The van der Waals surface area contributed by atoms with Crippen LogP contribution in [0.1, 0.15) is 28.1 Å². The Balaban J connectivity index is 0.00000320. The van der Waals surface area contributed by atoms with Crippen molar-refractivity contribution in [1.82, 2.24) is 5.32 Å². The Labute approximate surface area is 180 Å². The van der Waals surface area contributed by atoms with Gasteiger partial charge in [-0.2, -0.15) is 0 Å². The quantitative estimate of drug-likeness (QED) is 0.485. The molecule has 0 radical (unpaired) electrons. The molecule has 0 aliphatic carbocycles. The highest BCUT2D eigenvalue weighted by Gasteiger charge is 2.13. The van der Waals surface area contributed by atoms with Crippen molar-refractivity contribution in [3.63, 3.8) is 0 Å². The second-order valence-corrected chi connectivity index (χ2v) is 6.41. The SMILES string of the molecule is COc1ccc(C(=O)NCCCc2ccco2)cc1Oc1cc(F)cc(CN)c1.Cl. The third kappa shape index (κ3) is 6.23. The smallest absolute Gasteiger partial charge is 0.251 e. The number of rotatable bonds is 9.